The highest BCUT2D eigenvalue weighted by Gasteiger charge is 2.43. The Labute approximate surface area is 161 Å². The Hall–Kier alpha value is -2.60. The lowest BCUT2D eigenvalue weighted by Gasteiger charge is -2.26. The molecule has 0 bridgehead atoms. The number of nitriles is 1. The molecule has 0 spiro atoms. The summed E-state index contributed by atoms with van der Waals surface area (Å²) in [4.78, 5) is 26.0. The van der Waals surface area contributed by atoms with Crippen LogP contribution in [0.1, 0.15) is 33.1 Å². The van der Waals surface area contributed by atoms with E-state index >= 15 is 0 Å². The van der Waals surface area contributed by atoms with E-state index in [0.717, 1.165) is 18.9 Å². The molecule has 2 amide bonds. The van der Waals surface area contributed by atoms with Crippen molar-refractivity contribution in [2.75, 3.05) is 25.0 Å². The second kappa shape index (κ2) is 9.06. The van der Waals surface area contributed by atoms with Crippen LogP contribution in [0.15, 0.2) is 12.1 Å². The molecule has 1 aromatic carbocycles. The number of nitrogens with zero attached hydrogens (tertiary/aromatic N) is 2. The van der Waals surface area contributed by atoms with Gasteiger partial charge in [-0.3, -0.25) is 14.5 Å². The van der Waals surface area contributed by atoms with Crippen LogP contribution in [0.5, 0.6) is 0 Å². The number of benzene rings is 1. The van der Waals surface area contributed by atoms with Crippen molar-refractivity contribution in [1.82, 2.24) is 10.2 Å². The lowest BCUT2D eigenvalue weighted by atomic mass is 9.98. The summed E-state index contributed by atoms with van der Waals surface area (Å²) in [6, 6.07) is 3.77. The van der Waals surface area contributed by atoms with Gasteiger partial charge in [-0.15, -0.1) is 0 Å². The molecule has 6 nitrogen and oxygen atoms in total. The third-order valence-electron chi connectivity index (χ3n) is 4.61. The molecule has 2 N–H and O–H groups in total. The van der Waals surface area contributed by atoms with Gasteiger partial charge in [0.1, 0.15) is 5.54 Å². The Morgan fingerprint density at radius 1 is 1.21 bits per heavy atom. The number of hydrogen-bond donors (Lipinski definition) is 2. The van der Waals surface area contributed by atoms with Crippen molar-refractivity contribution in [2.45, 2.75) is 38.6 Å². The zero-order valence-corrected chi connectivity index (χ0v) is 15.8. The summed E-state index contributed by atoms with van der Waals surface area (Å²) >= 11 is 0. The normalized spacial score (nSPS) is 15.6. The molecule has 152 valence electrons. The van der Waals surface area contributed by atoms with Crippen molar-refractivity contribution in [2.24, 2.45) is 5.92 Å². The zero-order chi connectivity index (χ0) is 20.9. The van der Waals surface area contributed by atoms with Gasteiger partial charge < -0.3 is 10.6 Å². The van der Waals surface area contributed by atoms with Crippen LogP contribution in [0, 0.1) is 34.7 Å². The molecule has 0 saturated heterocycles. The largest absolute Gasteiger partial charge is 0.337 e. The number of nitrogens with one attached hydrogen (secondary N) is 2. The Morgan fingerprint density at radius 2 is 1.86 bits per heavy atom. The molecule has 9 heteroatoms. The number of halogens is 3. The highest BCUT2D eigenvalue weighted by molar-refractivity contribution is 5.92. The second-order valence-corrected chi connectivity index (χ2v) is 7.12. The first-order valence-corrected chi connectivity index (χ1v) is 9.08. The zero-order valence-electron chi connectivity index (χ0n) is 15.8. The fourth-order valence-electron chi connectivity index (χ4n) is 2.96. The molecule has 1 aliphatic rings. The molecule has 1 saturated carbocycles. The van der Waals surface area contributed by atoms with Gasteiger partial charge in [0.15, 0.2) is 17.5 Å². The molecule has 0 radical (unpaired) electrons. The van der Waals surface area contributed by atoms with E-state index in [9.17, 15) is 28.0 Å². The van der Waals surface area contributed by atoms with Gasteiger partial charge in [0, 0.05) is 0 Å². The number of carbonyl (C=O) groups excluding carboxylic acids is 2. The molecular weight excluding hydrogens is 373 g/mol. The van der Waals surface area contributed by atoms with Crippen molar-refractivity contribution in [3.63, 3.8) is 0 Å². The van der Waals surface area contributed by atoms with Crippen molar-refractivity contribution in [3.8, 4) is 6.07 Å². The average molecular weight is 396 g/mol. The number of amides is 2. The van der Waals surface area contributed by atoms with Crippen LogP contribution >= 0.6 is 0 Å². The van der Waals surface area contributed by atoms with Gasteiger partial charge in [0.25, 0.3) is 0 Å². The van der Waals surface area contributed by atoms with E-state index in [0.29, 0.717) is 19.0 Å². The second-order valence-electron chi connectivity index (χ2n) is 7.12. The van der Waals surface area contributed by atoms with Crippen molar-refractivity contribution in [1.29, 1.82) is 5.26 Å². The third-order valence-corrected chi connectivity index (χ3v) is 4.61. The van der Waals surface area contributed by atoms with E-state index in [1.54, 1.807) is 6.92 Å². The summed E-state index contributed by atoms with van der Waals surface area (Å²) in [6.45, 7) is 3.58. The standard InChI is InChI=1S/C19H23F3N4O2/c1-3-8-26(10-16(28)25-19(2,11-23)12-4-5-12)9-15(27)24-14-7-6-13(20)17(21)18(14)22/h6-7,12H,3-5,8-10H2,1-2H3,(H,24,27)(H,25,28). The Kier molecular flexibility index (Phi) is 7.02. The minimum atomic E-state index is -1.67. The van der Waals surface area contributed by atoms with Crippen molar-refractivity contribution in [3.05, 3.63) is 29.6 Å². The summed E-state index contributed by atoms with van der Waals surface area (Å²) in [5, 5.41) is 14.2. The first kappa shape index (κ1) is 21.7. The first-order valence-electron chi connectivity index (χ1n) is 9.08. The molecule has 0 aliphatic heterocycles. The van der Waals surface area contributed by atoms with Gasteiger partial charge in [0.2, 0.25) is 11.8 Å². The lowest BCUT2D eigenvalue weighted by Crippen LogP contribution is -2.51. The van der Waals surface area contributed by atoms with E-state index in [2.05, 4.69) is 16.7 Å². The number of carbonyl (C=O) groups is 2. The van der Waals surface area contributed by atoms with Gasteiger partial charge >= 0.3 is 0 Å². The Morgan fingerprint density at radius 3 is 2.43 bits per heavy atom. The van der Waals surface area contributed by atoms with E-state index in [4.69, 9.17) is 0 Å². The SMILES string of the molecule is CCCN(CC(=O)Nc1ccc(F)c(F)c1F)CC(=O)NC(C)(C#N)C1CC1. The minimum Gasteiger partial charge on any atom is -0.337 e. The van der Waals surface area contributed by atoms with Gasteiger partial charge in [-0.05, 0) is 50.8 Å². The molecule has 1 unspecified atom stereocenters. The van der Waals surface area contributed by atoms with Crippen LogP contribution in [-0.2, 0) is 9.59 Å². The smallest absolute Gasteiger partial charge is 0.238 e. The molecule has 28 heavy (non-hydrogen) atoms. The summed E-state index contributed by atoms with van der Waals surface area (Å²) in [6.07, 6.45) is 2.41. The van der Waals surface area contributed by atoms with Crippen LogP contribution in [0.2, 0.25) is 0 Å². The molecule has 1 atom stereocenters. The van der Waals surface area contributed by atoms with Crippen LogP contribution in [0.25, 0.3) is 0 Å². The van der Waals surface area contributed by atoms with E-state index in [-0.39, 0.29) is 19.0 Å². The quantitative estimate of drug-likeness (QED) is 0.629. The Balaban J connectivity index is 1.96. The van der Waals surface area contributed by atoms with Crippen LogP contribution in [-0.4, -0.2) is 41.9 Å². The number of rotatable bonds is 9. The predicted molar refractivity (Wildman–Crippen MR) is 96.6 cm³/mol. The third kappa shape index (κ3) is 5.45. The average Bonchev–Trinajstić information content (AvgIpc) is 3.48. The molecule has 1 aromatic rings. The molecular formula is C19H23F3N4O2. The summed E-state index contributed by atoms with van der Waals surface area (Å²) < 4.78 is 39.9. The molecule has 0 heterocycles. The topological polar surface area (TPSA) is 85.2 Å². The van der Waals surface area contributed by atoms with Crippen molar-refractivity contribution < 1.29 is 22.8 Å². The molecule has 1 aliphatic carbocycles. The fourth-order valence-corrected chi connectivity index (χ4v) is 2.96. The lowest BCUT2D eigenvalue weighted by molar-refractivity contribution is -0.124. The van der Waals surface area contributed by atoms with Gasteiger partial charge in [-0.1, -0.05) is 6.92 Å². The van der Waals surface area contributed by atoms with E-state index < -0.39 is 40.5 Å². The summed E-state index contributed by atoms with van der Waals surface area (Å²) in [7, 11) is 0. The Bertz CT molecular complexity index is 792. The van der Waals surface area contributed by atoms with E-state index in [1.807, 2.05) is 6.92 Å². The monoisotopic (exact) mass is 396 g/mol. The molecule has 0 aromatic heterocycles. The number of hydrogen-bond acceptors (Lipinski definition) is 4. The first-order chi connectivity index (χ1) is 13.2. The maximum absolute atomic E-state index is 13.7. The minimum absolute atomic E-state index is 0.120. The highest BCUT2D eigenvalue weighted by Crippen LogP contribution is 2.39. The van der Waals surface area contributed by atoms with E-state index in [1.165, 1.54) is 4.90 Å². The van der Waals surface area contributed by atoms with Crippen molar-refractivity contribution >= 4 is 17.5 Å². The van der Waals surface area contributed by atoms with Crippen LogP contribution in [0.3, 0.4) is 0 Å². The summed E-state index contributed by atoms with van der Waals surface area (Å²) in [5.41, 5.74) is -1.41. The van der Waals surface area contributed by atoms with Gasteiger partial charge in [0.05, 0.1) is 24.8 Å². The summed E-state index contributed by atoms with van der Waals surface area (Å²) in [5.74, 6) is -5.44. The fraction of sp³-hybridized carbons (Fsp3) is 0.526. The maximum atomic E-state index is 13.7. The predicted octanol–water partition coefficient (Wildman–Crippen LogP) is 2.56. The van der Waals surface area contributed by atoms with Crippen LogP contribution in [0.4, 0.5) is 18.9 Å². The molecule has 1 fully saturated rings. The maximum Gasteiger partial charge on any atom is 0.238 e. The number of anilines is 1. The highest BCUT2D eigenvalue weighted by atomic mass is 19.2. The van der Waals surface area contributed by atoms with Gasteiger partial charge in [-0.25, -0.2) is 13.2 Å². The van der Waals surface area contributed by atoms with Gasteiger partial charge in [-0.2, -0.15) is 5.26 Å². The van der Waals surface area contributed by atoms with Crippen LogP contribution < -0.4 is 10.6 Å². The molecule has 2 rings (SSSR count).